The molecule has 1 aromatic carbocycles. The summed E-state index contributed by atoms with van der Waals surface area (Å²) in [4.78, 5) is 14.8. The number of nitrogens with one attached hydrogen (secondary N) is 1. The second kappa shape index (κ2) is 4.83. The first-order valence-corrected chi connectivity index (χ1v) is 5.38. The Kier molecular flexibility index (Phi) is 3.24. The highest BCUT2D eigenvalue weighted by atomic mass is 32.2. The Hall–Kier alpha value is -2.09. The van der Waals surface area contributed by atoms with Crippen LogP contribution in [-0.2, 0) is 0 Å². The lowest BCUT2D eigenvalue weighted by Gasteiger charge is -2.05. The van der Waals surface area contributed by atoms with Crippen molar-refractivity contribution in [2.24, 2.45) is 0 Å². The number of hydrogen-bond donors (Lipinski definition) is 1. The summed E-state index contributed by atoms with van der Waals surface area (Å²) >= 11 is 1.29. The predicted molar refractivity (Wildman–Crippen MR) is 60.2 cm³/mol. The Morgan fingerprint density at radius 3 is 2.94 bits per heavy atom. The van der Waals surface area contributed by atoms with E-state index in [4.69, 9.17) is 4.74 Å². The van der Waals surface area contributed by atoms with E-state index >= 15 is 0 Å². The summed E-state index contributed by atoms with van der Waals surface area (Å²) in [6.07, 6.45) is 1.39. The molecule has 0 fully saturated rings. The van der Waals surface area contributed by atoms with Gasteiger partial charge in [0.2, 0.25) is 0 Å². The number of benzene rings is 1. The molecule has 0 spiro atoms. The van der Waals surface area contributed by atoms with E-state index < -0.39 is 4.92 Å². The first-order valence-electron chi connectivity index (χ1n) is 4.56. The molecule has 7 nitrogen and oxygen atoms in total. The number of nitrogens with zero attached hydrogens (tertiary/aromatic N) is 3. The Labute approximate surface area is 100 Å². The molecule has 0 bridgehead atoms. The number of rotatable bonds is 4. The van der Waals surface area contributed by atoms with Crippen LogP contribution < -0.4 is 4.74 Å². The Morgan fingerprint density at radius 2 is 2.35 bits per heavy atom. The van der Waals surface area contributed by atoms with Crippen LogP contribution in [0.15, 0.2) is 34.6 Å². The first kappa shape index (κ1) is 11.4. The van der Waals surface area contributed by atoms with Crippen molar-refractivity contribution in [2.75, 3.05) is 7.11 Å². The van der Waals surface area contributed by atoms with E-state index in [1.807, 2.05) is 0 Å². The van der Waals surface area contributed by atoms with Gasteiger partial charge in [-0.05, 0) is 17.8 Å². The molecule has 1 N–H and O–H groups in total. The lowest BCUT2D eigenvalue weighted by atomic mass is 10.3. The van der Waals surface area contributed by atoms with Gasteiger partial charge in [0.25, 0.3) is 5.69 Å². The second-order valence-electron chi connectivity index (χ2n) is 2.98. The van der Waals surface area contributed by atoms with Crippen molar-refractivity contribution in [2.45, 2.75) is 10.1 Å². The summed E-state index contributed by atoms with van der Waals surface area (Å²) in [5, 5.41) is 17.6. The van der Waals surface area contributed by atoms with Gasteiger partial charge in [0.1, 0.15) is 12.1 Å². The monoisotopic (exact) mass is 252 g/mol. The van der Waals surface area contributed by atoms with Gasteiger partial charge in [-0.3, -0.25) is 15.2 Å². The van der Waals surface area contributed by atoms with Gasteiger partial charge in [-0.2, -0.15) is 5.10 Å². The van der Waals surface area contributed by atoms with E-state index in [2.05, 4.69) is 15.2 Å². The Morgan fingerprint density at radius 1 is 1.53 bits per heavy atom. The van der Waals surface area contributed by atoms with Gasteiger partial charge in [0, 0.05) is 6.07 Å². The Balaban J connectivity index is 2.31. The number of nitro benzene ring substituents is 1. The third-order valence-electron chi connectivity index (χ3n) is 1.96. The number of H-pyrrole nitrogens is 1. The fourth-order valence-corrected chi connectivity index (χ4v) is 1.99. The number of methoxy groups -OCH3 is 1. The van der Waals surface area contributed by atoms with Crippen LogP contribution in [-0.4, -0.2) is 27.2 Å². The molecule has 1 aromatic heterocycles. The molecular formula is C9H8N4O3S. The number of aromatic nitrogens is 3. The van der Waals surface area contributed by atoms with Crippen molar-refractivity contribution in [1.82, 2.24) is 15.2 Å². The maximum Gasteiger partial charge on any atom is 0.273 e. The van der Waals surface area contributed by atoms with Crippen molar-refractivity contribution in [3.05, 3.63) is 34.6 Å². The maximum atomic E-state index is 10.6. The molecule has 2 rings (SSSR count). The number of aromatic amines is 1. The number of ether oxygens (including phenoxy) is 1. The third-order valence-corrected chi connectivity index (χ3v) is 2.90. The highest BCUT2D eigenvalue weighted by molar-refractivity contribution is 7.99. The van der Waals surface area contributed by atoms with Crippen LogP contribution in [0, 0.1) is 10.1 Å². The molecule has 88 valence electrons. The fourth-order valence-electron chi connectivity index (χ4n) is 1.20. The average Bonchev–Trinajstić information content (AvgIpc) is 2.82. The van der Waals surface area contributed by atoms with Crippen LogP contribution in [0.1, 0.15) is 0 Å². The van der Waals surface area contributed by atoms with Crippen LogP contribution in [0.25, 0.3) is 0 Å². The zero-order valence-electron chi connectivity index (χ0n) is 8.78. The molecule has 8 heteroatoms. The molecule has 0 amide bonds. The van der Waals surface area contributed by atoms with E-state index in [1.54, 1.807) is 6.07 Å². The molecule has 0 unspecified atom stereocenters. The lowest BCUT2D eigenvalue weighted by Crippen LogP contribution is -1.91. The Bertz CT molecular complexity index is 529. The zero-order chi connectivity index (χ0) is 12.3. The molecule has 2 aromatic rings. The maximum absolute atomic E-state index is 10.6. The van der Waals surface area contributed by atoms with Crippen LogP contribution >= 0.6 is 11.8 Å². The third kappa shape index (κ3) is 2.53. The SMILES string of the molecule is COc1cc([N+](=O)[O-])ccc1Sc1ncn[nH]1. The molecule has 1 heterocycles. The minimum atomic E-state index is -0.467. The van der Waals surface area contributed by atoms with Crippen molar-refractivity contribution >= 4 is 17.4 Å². The van der Waals surface area contributed by atoms with Gasteiger partial charge in [-0.1, -0.05) is 0 Å². The minimum Gasteiger partial charge on any atom is -0.495 e. The average molecular weight is 252 g/mol. The molecular weight excluding hydrogens is 244 g/mol. The molecule has 0 saturated heterocycles. The first-order chi connectivity index (χ1) is 8.20. The van der Waals surface area contributed by atoms with E-state index in [1.165, 1.54) is 37.3 Å². The van der Waals surface area contributed by atoms with E-state index in [0.29, 0.717) is 10.9 Å². The minimum absolute atomic E-state index is 0.0104. The quantitative estimate of drug-likeness (QED) is 0.659. The van der Waals surface area contributed by atoms with Crippen LogP contribution in [0.4, 0.5) is 5.69 Å². The van der Waals surface area contributed by atoms with E-state index in [0.717, 1.165) is 4.90 Å². The molecule has 0 radical (unpaired) electrons. The number of non-ortho nitro benzene ring substituents is 1. The van der Waals surface area contributed by atoms with Crippen LogP contribution in [0.5, 0.6) is 5.75 Å². The molecule has 0 saturated carbocycles. The van der Waals surface area contributed by atoms with E-state index in [-0.39, 0.29) is 5.69 Å². The predicted octanol–water partition coefficient (Wildman–Crippen LogP) is 1.87. The highest BCUT2D eigenvalue weighted by Crippen LogP contribution is 2.35. The summed E-state index contributed by atoms with van der Waals surface area (Å²) in [6, 6.07) is 4.41. The van der Waals surface area contributed by atoms with Gasteiger partial charge >= 0.3 is 0 Å². The summed E-state index contributed by atoms with van der Waals surface area (Å²) < 4.78 is 5.10. The smallest absolute Gasteiger partial charge is 0.273 e. The van der Waals surface area contributed by atoms with Crippen molar-refractivity contribution in [3.63, 3.8) is 0 Å². The standard InChI is InChI=1S/C9H8N4O3S/c1-16-7-4-6(13(14)15)2-3-8(7)17-9-10-5-11-12-9/h2-5H,1H3,(H,10,11,12). The van der Waals surface area contributed by atoms with Gasteiger partial charge < -0.3 is 4.74 Å². The normalized spacial score (nSPS) is 10.2. The van der Waals surface area contributed by atoms with Crippen LogP contribution in [0.3, 0.4) is 0 Å². The van der Waals surface area contributed by atoms with Crippen molar-refractivity contribution < 1.29 is 9.66 Å². The van der Waals surface area contributed by atoms with Crippen LogP contribution in [0.2, 0.25) is 0 Å². The molecule has 17 heavy (non-hydrogen) atoms. The lowest BCUT2D eigenvalue weighted by molar-refractivity contribution is -0.385. The fraction of sp³-hybridized carbons (Fsp3) is 0.111. The van der Waals surface area contributed by atoms with Gasteiger partial charge in [0.15, 0.2) is 5.16 Å². The number of nitro groups is 1. The summed E-state index contributed by atoms with van der Waals surface area (Å²) in [5.74, 6) is 0.431. The van der Waals surface area contributed by atoms with Gasteiger partial charge in [0.05, 0.1) is 23.0 Å². The van der Waals surface area contributed by atoms with Crippen molar-refractivity contribution in [1.29, 1.82) is 0 Å². The van der Waals surface area contributed by atoms with E-state index in [9.17, 15) is 10.1 Å². The zero-order valence-corrected chi connectivity index (χ0v) is 9.60. The van der Waals surface area contributed by atoms with Gasteiger partial charge in [-0.25, -0.2) is 4.98 Å². The van der Waals surface area contributed by atoms with Gasteiger partial charge in [-0.15, -0.1) is 0 Å². The molecule has 0 atom stereocenters. The summed E-state index contributed by atoms with van der Waals surface area (Å²) in [5.41, 5.74) is -0.0104. The largest absolute Gasteiger partial charge is 0.495 e. The summed E-state index contributed by atoms with van der Waals surface area (Å²) in [6.45, 7) is 0. The number of hydrogen-bond acceptors (Lipinski definition) is 6. The molecule has 0 aliphatic rings. The molecule has 0 aliphatic heterocycles. The van der Waals surface area contributed by atoms with Crippen molar-refractivity contribution in [3.8, 4) is 5.75 Å². The highest BCUT2D eigenvalue weighted by Gasteiger charge is 2.13. The second-order valence-corrected chi connectivity index (χ2v) is 4.02. The summed E-state index contributed by atoms with van der Waals surface area (Å²) in [7, 11) is 1.46. The topological polar surface area (TPSA) is 93.9 Å². The molecule has 0 aliphatic carbocycles.